The fraction of sp³-hybridized carbons (Fsp3) is 0.538. The number of rotatable bonds is 4. The Morgan fingerprint density at radius 1 is 1.40 bits per heavy atom. The monoisotopic (exact) mass is 205 g/mol. The topological polar surface area (TPSA) is 46.2 Å². The molecule has 0 saturated heterocycles. The van der Waals surface area contributed by atoms with E-state index in [1.807, 2.05) is 12.1 Å². The molecule has 1 aromatic rings. The van der Waals surface area contributed by atoms with Gasteiger partial charge in [-0.2, -0.15) is 0 Å². The third kappa shape index (κ3) is 2.32. The first-order chi connectivity index (χ1) is 7.31. The predicted octanol–water partition coefficient (Wildman–Crippen LogP) is 2.62. The number of benzene rings is 1. The molecule has 0 radical (unpaired) electrons. The molecular weight excluding hydrogens is 186 g/mol. The van der Waals surface area contributed by atoms with E-state index < -0.39 is 0 Å². The van der Waals surface area contributed by atoms with E-state index in [9.17, 15) is 5.11 Å². The van der Waals surface area contributed by atoms with Crippen LogP contribution in [0.4, 0.5) is 0 Å². The summed E-state index contributed by atoms with van der Waals surface area (Å²) >= 11 is 0. The van der Waals surface area contributed by atoms with Gasteiger partial charge in [0.1, 0.15) is 5.75 Å². The lowest BCUT2D eigenvalue weighted by Gasteiger charge is -2.34. The van der Waals surface area contributed by atoms with Gasteiger partial charge >= 0.3 is 0 Å². The van der Waals surface area contributed by atoms with Gasteiger partial charge < -0.3 is 10.8 Å². The van der Waals surface area contributed by atoms with Crippen molar-refractivity contribution >= 4 is 0 Å². The molecule has 1 aliphatic rings. The van der Waals surface area contributed by atoms with Crippen LogP contribution >= 0.6 is 0 Å². The largest absolute Gasteiger partial charge is 0.508 e. The lowest BCUT2D eigenvalue weighted by Crippen LogP contribution is -2.22. The normalized spacial score (nSPS) is 18.5. The summed E-state index contributed by atoms with van der Waals surface area (Å²) in [5, 5.41) is 9.47. The molecule has 0 aliphatic heterocycles. The van der Waals surface area contributed by atoms with Gasteiger partial charge in [0.25, 0.3) is 0 Å². The first-order valence-corrected chi connectivity index (χ1v) is 5.80. The quantitative estimate of drug-likeness (QED) is 0.793. The van der Waals surface area contributed by atoms with Gasteiger partial charge in [-0.15, -0.1) is 0 Å². The zero-order valence-electron chi connectivity index (χ0n) is 9.02. The van der Waals surface area contributed by atoms with Gasteiger partial charge in [-0.05, 0) is 55.3 Å². The first kappa shape index (κ1) is 10.5. The molecule has 0 aromatic heterocycles. The Balaban J connectivity index is 2.15. The average molecular weight is 205 g/mol. The maximum absolute atomic E-state index is 9.47. The molecule has 0 heterocycles. The smallest absolute Gasteiger partial charge is 0.115 e. The van der Waals surface area contributed by atoms with Crippen LogP contribution in [-0.4, -0.2) is 11.7 Å². The summed E-state index contributed by atoms with van der Waals surface area (Å²) in [6.45, 7) is 0.733. The maximum atomic E-state index is 9.47. The van der Waals surface area contributed by atoms with Gasteiger partial charge in [-0.25, -0.2) is 0 Å². The third-order valence-electron chi connectivity index (χ3n) is 3.49. The van der Waals surface area contributed by atoms with E-state index in [0.29, 0.717) is 11.7 Å². The van der Waals surface area contributed by atoms with Crippen LogP contribution in [0.15, 0.2) is 24.3 Å². The van der Waals surface area contributed by atoms with E-state index in [1.165, 1.54) is 24.8 Å². The Morgan fingerprint density at radius 2 is 2.20 bits per heavy atom. The summed E-state index contributed by atoms with van der Waals surface area (Å²) in [7, 11) is 0. The molecule has 2 heteroatoms. The summed E-state index contributed by atoms with van der Waals surface area (Å²) in [5.41, 5.74) is 6.91. The lowest BCUT2D eigenvalue weighted by molar-refractivity contribution is 0.253. The van der Waals surface area contributed by atoms with Crippen LogP contribution < -0.4 is 5.73 Å². The second-order valence-electron chi connectivity index (χ2n) is 4.47. The van der Waals surface area contributed by atoms with Gasteiger partial charge in [0.2, 0.25) is 0 Å². The highest BCUT2D eigenvalue weighted by molar-refractivity contribution is 5.30. The number of phenolic OH excluding ortho intramolecular Hbond substituents is 1. The zero-order chi connectivity index (χ0) is 10.7. The summed E-state index contributed by atoms with van der Waals surface area (Å²) in [5.74, 6) is 1.71. The summed E-state index contributed by atoms with van der Waals surface area (Å²) < 4.78 is 0. The zero-order valence-corrected chi connectivity index (χ0v) is 9.02. The van der Waals surface area contributed by atoms with Gasteiger partial charge in [0, 0.05) is 0 Å². The Hall–Kier alpha value is -1.02. The Bertz CT molecular complexity index is 320. The van der Waals surface area contributed by atoms with Crippen LogP contribution in [0.1, 0.15) is 37.2 Å². The summed E-state index contributed by atoms with van der Waals surface area (Å²) in [6, 6.07) is 7.65. The first-order valence-electron chi connectivity index (χ1n) is 5.80. The molecule has 1 unspecified atom stereocenters. The third-order valence-corrected chi connectivity index (χ3v) is 3.49. The minimum absolute atomic E-state index is 0.369. The molecule has 0 bridgehead atoms. The minimum Gasteiger partial charge on any atom is -0.508 e. The predicted molar refractivity (Wildman–Crippen MR) is 61.9 cm³/mol. The van der Waals surface area contributed by atoms with E-state index in [2.05, 4.69) is 6.07 Å². The molecule has 3 N–H and O–H groups in total. The molecule has 2 rings (SSSR count). The van der Waals surface area contributed by atoms with E-state index in [0.717, 1.165) is 18.9 Å². The maximum Gasteiger partial charge on any atom is 0.115 e. The van der Waals surface area contributed by atoms with Gasteiger partial charge in [0.05, 0.1) is 0 Å². The SMILES string of the molecule is NCCC(c1cccc(O)c1)C1CCC1. The van der Waals surface area contributed by atoms with Gasteiger partial charge in [-0.1, -0.05) is 18.6 Å². The van der Waals surface area contributed by atoms with Gasteiger partial charge in [-0.3, -0.25) is 0 Å². The Labute approximate surface area is 91.1 Å². The fourth-order valence-corrected chi connectivity index (χ4v) is 2.45. The molecule has 1 aromatic carbocycles. The number of hydrogen-bond donors (Lipinski definition) is 2. The highest BCUT2D eigenvalue weighted by Gasteiger charge is 2.27. The second kappa shape index (κ2) is 4.67. The van der Waals surface area contributed by atoms with Crippen LogP contribution in [-0.2, 0) is 0 Å². The molecule has 1 atom stereocenters. The van der Waals surface area contributed by atoms with Crippen LogP contribution in [0.25, 0.3) is 0 Å². The molecule has 15 heavy (non-hydrogen) atoms. The van der Waals surface area contributed by atoms with Crippen molar-refractivity contribution < 1.29 is 5.11 Å². The number of phenols is 1. The Kier molecular flexibility index (Phi) is 3.27. The molecule has 1 aliphatic carbocycles. The van der Waals surface area contributed by atoms with Crippen molar-refractivity contribution in [3.05, 3.63) is 29.8 Å². The van der Waals surface area contributed by atoms with Crippen molar-refractivity contribution in [1.29, 1.82) is 0 Å². The van der Waals surface area contributed by atoms with E-state index in [-0.39, 0.29) is 0 Å². The van der Waals surface area contributed by atoms with Crippen LogP contribution in [0.2, 0.25) is 0 Å². The molecule has 1 fully saturated rings. The van der Waals surface area contributed by atoms with Crippen molar-refractivity contribution in [1.82, 2.24) is 0 Å². The summed E-state index contributed by atoms with van der Waals surface area (Å²) in [4.78, 5) is 0. The van der Waals surface area contributed by atoms with Crippen LogP contribution in [0, 0.1) is 5.92 Å². The van der Waals surface area contributed by atoms with Crippen molar-refractivity contribution in [3.8, 4) is 5.75 Å². The van der Waals surface area contributed by atoms with E-state index >= 15 is 0 Å². The lowest BCUT2D eigenvalue weighted by atomic mass is 9.72. The van der Waals surface area contributed by atoms with Crippen LogP contribution in [0.3, 0.4) is 0 Å². The fourth-order valence-electron chi connectivity index (χ4n) is 2.45. The number of nitrogens with two attached hydrogens (primary N) is 1. The van der Waals surface area contributed by atoms with Crippen molar-refractivity contribution in [2.24, 2.45) is 11.7 Å². The van der Waals surface area contributed by atoms with Crippen molar-refractivity contribution in [2.45, 2.75) is 31.6 Å². The van der Waals surface area contributed by atoms with E-state index in [4.69, 9.17) is 5.73 Å². The average Bonchev–Trinajstić information content (AvgIpc) is 2.14. The molecular formula is C13H19NO. The Morgan fingerprint density at radius 3 is 2.73 bits per heavy atom. The molecule has 2 nitrogen and oxygen atoms in total. The van der Waals surface area contributed by atoms with Crippen molar-refractivity contribution in [2.75, 3.05) is 6.54 Å². The standard InChI is InChI=1S/C13H19NO/c14-8-7-13(10-3-1-4-10)11-5-2-6-12(15)9-11/h2,5-6,9-10,13,15H,1,3-4,7-8,14H2. The number of aromatic hydroxyl groups is 1. The van der Waals surface area contributed by atoms with Gasteiger partial charge in [0.15, 0.2) is 0 Å². The number of hydrogen-bond acceptors (Lipinski definition) is 2. The highest BCUT2D eigenvalue weighted by Crippen LogP contribution is 2.41. The molecule has 0 spiro atoms. The van der Waals surface area contributed by atoms with E-state index in [1.54, 1.807) is 6.07 Å². The molecule has 1 saturated carbocycles. The minimum atomic E-state index is 0.369. The summed E-state index contributed by atoms with van der Waals surface area (Å²) in [6.07, 6.45) is 5.03. The van der Waals surface area contributed by atoms with Crippen molar-refractivity contribution in [3.63, 3.8) is 0 Å². The second-order valence-corrected chi connectivity index (χ2v) is 4.47. The molecule has 0 amide bonds. The highest BCUT2D eigenvalue weighted by atomic mass is 16.3. The molecule has 82 valence electrons. The van der Waals surface area contributed by atoms with Crippen LogP contribution in [0.5, 0.6) is 5.75 Å².